The summed E-state index contributed by atoms with van der Waals surface area (Å²) < 4.78 is 24.5. The Hall–Kier alpha value is -1.15. The lowest BCUT2D eigenvalue weighted by atomic mass is 10.1. The number of nitrogens with one attached hydrogen (secondary N) is 3. The van der Waals surface area contributed by atoms with E-state index in [1.165, 1.54) is 6.92 Å². The molecule has 120 valence electrons. The maximum atomic E-state index is 12.0. The summed E-state index contributed by atoms with van der Waals surface area (Å²) in [6.07, 6.45) is 1.02. The number of hydrogen-bond donors (Lipinski definition) is 3. The van der Waals surface area contributed by atoms with Crippen LogP contribution >= 0.6 is 12.4 Å². The molecule has 0 heterocycles. The van der Waals surface area contributed by atoms with Crippen LogP contribution in [0.25, 0.3) is 0 Å². The summed E-state index contributed by atoms with van der Waals surface area (Å²) in [5, 5.41) is 5.92. The summed E-state index contributed by atoms with van der Waals surface area (Å²) in [5.41, 5.74) is 1.63. The maximum absolute atomic E-state index is 12.0. The Morgan fingerprint density at radius 1 is 1.29 bits per heavy atom. The van der Waals surface area contributed by atoms with Gasteiger partial charge in [0.15, 0.2) is 0 Å². The molecule has 1 aromatic carbocycles. The number of para-hydroxylation sites is 1. The first-order valence-corrected chi connectivity index (χ1v) is 8.29. The first kappa shape index (κ1) is 19.9. The van der Waals surface area contributed by atoms with E-state index in [0.29, 0.717) is 12.2 Å². The van der Waals surface area contributed by atoms with Crippen LogP contribution in [0.15, 0.2) is 24.3 Å². The smallest absolute Gasteiger partial charge is 0.242 e. The van der Waals surface area contributed by atoms with Gasteiger partial charge < -0.3 is 10.6 Å². The SMILES string of the molecule is CCNCc1ccccc1NC(=O)C(C)NS(C)(=O)=O.Cl. The molecule has 1 amide bonds. The number of halogens is 1. The van der Waals surface area contributed by atoms with E-state index in [9.17, 15) is 13.2 Å². The Balaban J connectivity index is 0.00000400. The predicted octanol–water partition coefficient (Wildman–Crippen LogP) is 1.09. The van der Waals surface area contributed by atoms with Crippen LogP contribution in [-0.2, 0) is 21.4 Å². The highest BCUT2D eigenvalue weighted by Crippen LogP contribution is 2.15. The molecule has 1 atom stereocenters. The summed E-state index contributed by atoms with van der Waals surface area (Å²) in [6, 6.07) is 6.59. The summed E-state index contributed by atoms with van der Waals surface area (Å²) >= 11 is 0. The maximum Gasteiger partial charge on any atom is 0.242 e. The highest BCUT2D eigenvalue weighted by atomic mass is 35.5. The van der Waals surface area contributed by atoms with E-state index >= 15 is 0 Å². The molecular weight excluding hydrogens is 314 g/mol. The number of carbonyl (C=O) groups excluding carboxylic acids is 1. The minimum absolute atomic E-state index is 0. The van der Waals surface area contributed by atoms with Crippen LogP contribution in [0.2, 0.25) is 0 Å². The van der Waals surface area contributed by atoms with Crippen molar-refractivity contribution >= 4 is 34.0 Å². The topological polar surface area (TPSA) is 87.3 Å². The second-order valence-electron chi connectivity index (χ2n) is 4.54. The molecule has 1 rings (SSSR count). The lowest BCUT2D eigenvalue weighted by Crippen LogP contribution is -2.41. The average Bonchev–Trinajstić information content (AvgIpc) is 2.35. The molecule has 0 saturated heterocycles. The van der Waals surface area contributed by atoms with Crippen LogP contribution in [0.4, 0.5) is 5.69 Å². The van der Waals surface area contributed by atoms with Crippen molar-refractivity contribution in [3.63, 3.8) is 0 Å². The Labute approximate surface area is 132 Å². The summed E-state index contributed by atoms with van der Waals surface area (Å²) in [4.78, 5) is 12.0. The van der Waals surface area contributed by atoms with Gasteiger partial charge in [-0.3, -0.25) is 4.79 Å². The van der Waals surface area contributed by atoms with E-state index in [2.05, 4.69) is 15.4 Å². The van der Waals surface area contributed by atoms with E-state index in [0.717, 1.165) is 18.4 Å². The van der Waals surface area contributed by atoms with Gasteiger partial charge in [0.2, 0.25) is 15.9 Å². The van der Waals surface area contributed by atoms with Crippen molar-refractivity contribution in [1.29, 1.82) is 0 Å². The quantitative estimate of drug-likeness (QED) is 0.696. The molecule has 8 heteroatoms. The molecule has 3 N–H and O–H groups in total. The van der Waals surface area contributed by atoms with Crippen LogP contribution in [0.5, 0.6) is 0 Å². The molecule has 0 bridgehead atoms. The van der Waals surface area contributed by atoms with Crippen molar-refractivity contribution in [3.8, 4) is 0 Å². The second-order valence-corrected chi connectivity index (χ2v) is 6.32. The molecule has 0 aliphatic carbocycles. The van der Waals surface area contributed by atoms with Crippen LogP contribution in [-0.4, -0.2) is 33.2 Å². The van der Waals surface area contributed by atoms with Gasteiger partial charge in [-0.05, 0) is 25.1 Å². The number of hydrogen-bond acceptors (Lipinski definition) is 4. The fraction of sp³-hybridized carbons (Fsp3) is 0.462. The third kappa shape index (κ3) is 7.42. The Morgan fingerprint density at radius 3 is 2.48 bits per heavy atom. The van der Waals surface area contributed by atoms with Crippen molar-refractivity contribution in [3.05, 3.63) is 29.8 Å². The number of anilines is 1. The van der Waals surface area contributed by atoms with Gasteiger partial charge in [-0.25, -0.2) is 13.1 Å². The zero-order valence-electron chi connectivity index (χ0n) is 12.3. The molecule has 0 saturated carbocycles. The monoisotopic (exact) mass is 335 g/mol. The van der Waals surface area contributed by atoms with Crippen molar-refractivity contribution in [1.82, 2.24) is 10.0 Å². The van der Waals surface area contributed by atoms with Crippen LogP contribution in [0.1, 0.15) is 19.4 Å². The standard InChI is InChI=1S/C13H21N3O3S.ClH/c1-4-14-9-11-7-5-6-8-12(11)15-13(17)10(2)16-20(3,18)19;/h5-8,10,14,16H,4,9H2,1-3H3,(H,15,17);1H. The average molecular weight is 336 g/mol. The first-order valence-electron chi connectivity index (χ1n) is 6.40. The van der Waals surface area contributed by atoms with Crippen molar-refractivity contribution in [2.75, 3.05) is 18.1 Å². The van der Waals surface area contributed by atoms with Gasteiger partial charge in [-0.1, -0.05) is 25.1 Å². The molecule has 0 fully saturated rings. The highest BCUT2D eigenvalue weighted by Gasteiger charge is 2.17. The summed E-state index contributed by atoms with van der Waals surface area (Å²) in [5.74, 6) is -0.389. The number of amides is 1. The summed E-state index contributed by atoms with van der Waals surface area (Å²) in [6.45, 7) is 4.97. The van der Waals surface area contributed by atoms with Crippen LogP contribution < -0.4 is 15.4 Å². The zero-order valence-corrected chi connectivity index (χ0v) is 14.0. The predicted molar refractivity (Wildman–Crippen MR) is 87.1 cm³/mol. The minimum Gasteiger partial charge on any atom is -0.324 e. The number of sulfonamides is 1. The van der Waals surface area contributed by atoms with Gasteiger partial charge in [0.05, 0.1) is 12.3 Å². The van der Waals surface area contributed by atoms with E-state index in [-0.39, 0.29) is 18.3 Å². The first-order chi connectivity index (χ1) is 9.33. The van der Waals surface area contributed by atoms with Gasteiger partial charge in [0.25, 0.3) is 0 Å². The van der Waals surface area contributed by atoms with Gasteiger partial charge in [-0.2, -0.15) is 0 Å². The van der Waals surface area contributed by atoms with Crippen LogP contribution in [0.3, 0.4) is 0 Å². The van der Waals surface area contributed by atoms with E-state index in [1.807, 2.05) is 25.1 Å². The molecule has 0 aromatic heterocycles. The zero-order chi connectivity index (χ0) is 15.2. The van der Waals surface area contributed by atoms with Gasteiger partial charge in [0.1, 0.15) is 0 Å². The van der Waals surface area contributed by atoms with Gasteiger partial charge in [-0.15, -0.1) is 12.4 Å². The Kier molecular flexibility index (Phi) is 8.50. The number of carbonyl (C=O) groups is 1. The number of rotatable bonds is 7. The molecule has 0 spiro atoms. The Morgan fingerprint density at radius 2 is 1.90 bits per heavy atom. The fourth-order valence-corrected chi connectivity index (χ4v) is 2.42. The summed E-state index contributed by atoms with van der Waals surface area (Å²) in [7, 11) is -3.41. The largest absolute Gasteiger partial charge is 0.324 e. The third-order valence-corrected chi connectivity index (χ3v) is 3.41. The van der Waals surface area contributed by atoms with E-state index in [1.54, 1.807) is 6.07 Å². The molecule has 21 heavy (non-hydrogen) atoms. The lowest BCUT2D eigenvalue weighted by molar-refractivity contribution is -0.117. The number of benzene rings is 1. The van der Waals surface area contributed by atoms with E-state index < -0.39 is 16.1 Å². The van der Waals surface area contributed by atoms with Gasteiger partial charge >= 0.3 is 0 Å². The molecule has 0 radical (unpaired) electrons. The lowest BCUT2D eigenvalue weighted by Gasteiger charge is -2.15. The van der Waals surface area contributed by atoms with Crippen molar-refractivity contribution in [2.24, 2.45) is 0 Å². The molecule has 0 aliphatic rings. The Bertz CT molecular complexity index is 564. The van der Waals surface area contributed by atoms with E-state index in [4.69, 9.17) is 0 Å². The second kappa shape index (κ2) is 8.99. The molecule has 0 aliphatic heterocycles. The fourth-order valence-electron chi connectivity index (χ4n) is 1.67. The van der Waals surface area contributed by atoms with Crippen molar-refractivity contribution < 1.29 is 13.2 Å². The highest BCUT2D eigenvalue weighted by molar-refractivity contribution is 7.88. The van der Waals surface area contributed by atoms with Gasteiger partial charge in [0, 0.05) is 12.2 Å². The van der Waals surface area contributed by atoms with Crippen LogP contribution in [0, 0.1) is 0 Å². The molecular formula is C13H22ClN3O3S. The normalized spacial score (nSPS) is 12.3. The molecule has 1 unspecified atom stereocenters. The minimum atomic E-state index is -3.41. The molecule has 1 aromatic rings. The molecule has 6 nitrogen and oxygen atoms in total. The third-order valence-electron chi connectivity index (χ3n) is 2.62. The van der Waals surface area contributed by atoms with Crippen molar-refractivity contribution in [2.45, 2.75) is 26.4 Å².